The average Bonchev–Trinajstić information content (AvgIpc) is 2.71. The van der Waals surface area contributed by atoms with Crippen molar-refractivity contribution in [3.63, 3.8) is 0 Å². The Morgan fingerprint density at radius 1 is 1.53 bits per heavy atom. The fraction of sp³-hybridized carbons (Fsp3) is 0.273. The van der Waals surface area contributed by atoms with E-state index in [1.54, 1.807) is 0 Å². The zero-order chi connectivity index (χ0) is 14.2. The molecular formula is C11H9IN2O5. The van der Waals surface area contributed by atoms with E-state index in [9.17, 15) is 19.7 Å². The van der Waals surface area contributed by atoms with Gasteiger partial charge in [0.05, 0.1) is 16.5 Å². The van der Waals surface area contributed by atoms with Gasteiger partial charge in [-0.1, -0.05) is 0 Å². The summed E-state index contributed by atoms with van der Waals surface area (Å²) in [6.45, 7) is 0.0992. The molecule has 0 aliphatic carbocycles. The summed E-state index contributed by atoms with van der Waals surface area (Å²) in [6.07, 6.45) is -0.0393. The van der Waals surface area contributed by atoms with Crippen LogP contribution in [0, 0.1) is 19.6 Å². The van der Waals surface area contributed by atoms with E-state index < -0.39 is 16.8 Å². The number of halogens is 1. The van der Waals surface area contributed by atoms with Crippen LogP contribution in [0.15, 0.2) is 18.2 Å². The monoisotopic (exact) mass is 376 g/mol. The molecule has 1 heterocycles. The first kappa shape index (κ1) is 13.7. The second kappa shape index (κ2) is 5.11. The molecule has 8 heteroatoms. The van der Waals surface area contributed by atoms with Gasteiger partial charge in [0.25, 0.3) is 5.69 Å². The Balaban J connectivity index is 2.30. The first-order valence-electron chi connectivity index (χ1n) is 5.37. The largest absolute Gasteiger partial charge is 0.481 e. The molecule has 7 nitrogen and oxygen atoms in total. The fourth-order valence-electron chi connectivity index (χ4n) is 1.93. The van der Waals surface area contributed by atoms with Crippen molar-refractivity contribution in [3.8, 4) is 0 Å². The third kappa shape index (κ3) is 2.67. The summed E-state index contributed by atoms with van der Waals surface area (Å²) < 4.78 is 0.547. The fourth-order valence-corrected chi connectivity index (χ4v) is 2.72. The molecule has 1 N–H and O–H groups in total. The van der Waals surface area contributed by atoms with Gasteiger partial charge in [-0.2, -0.15) is 0 Å². The molecule has 1 amide bonds. The molecule has 19 heavy (non-hydrogen) atoms. The Bertz CT molecular complexity index is 574. The molecule has 1 unspecified atom stereocenters. The van der Waals surface area contributed by atoms with Crippen molar-refractivity contribution < 1.29 is 19.6 Å². The van der Waals surface area contributed by atoms with Gasteiger partial charge in [-0.05, 0) is 28.7 Å². The Hall–Kier alpha value is -1.71. The number of anilines is 1. The van der Waals surface area contributed by atoms with Crippen LogP contribution in [0.4, 0.5) is 11.4 Å². The van der Waals surface area contributed by atoms with Crippen molar-refractivity contribution >= 4 is 45.8 Å². The predicted octanol–water partition coefficient (Wildman–Crippen LogP) is 1.64. The summed E-state index contributed by atoms with van der Waals surface area (Å²) in [5, 5.41) is 19.5. The minimum absolute atomic E-state index is 0.0393. The van der Waals surface area contributed by atoms with Crippen molar-refractivity contribution in [2.45, 2.75) is 6.42 Å². The highest BCUT2D eigenvalue weighted by molar-refractivity contribution is 14.1. The van der Waals surface area contributed by atoms with Crippen LogP contribution in [0.3, 0.4) is 0 Å². The van der Waals surface area contributed by atoms with Crippen LogP contribution in [0.1, 0.15) is 6.42 Å². The van der Waals surface area contributed by atoms with Crippen molar-refractivity contribution in [1.82, 2.24) is 0 Å². The van der Waals surface area contributed by atoms with Gasteiger partial charge in [-0.3, -0.25) is 19.7 Å². The van der Waals surface area contributed by atoms with E-state index in [-0.39, 0.29) is 24.6 Å². The lowest BCUT2D eigenvalue weighted by Gasteiger charge is -2.17. The SMILES string of the molecule is O=C(O)C1CC(=O)N(c2ccc([N+](=O)[O-])cc2I)C1. The van der Waals surface area contributed by atoms with Crippen LogP contribution in [0.2, 0.25) is 0 Å². The number of aliphatic carboxylic acids is 1. The molecule has 0 spiro atoms. The van der Waals surface area contributed by atoms with Gasteiger partial charge in [0, 0.05) is 28.7 Å². The highest BCUT2D eigenvalue weighted by atomic mass is 127. The number of carbonyl (C=O) groups excluding carboxylic acids is 1. The number of hydrogen-bond acceptors (Lipinski definition) is 4. The van der Waals surface area contributed by atoms with Crippen molar-refractivity contribution in [3.05, 3.63) is 31.9 Å². The minimum Gasteiger partial charge on any atom is -0.481 e. The maximum atomic E-state index is 11.8. The van der Waals surface area contributed by atoms with Crippen LogP contribution >= 0.6 is 22.6 Å². The molecule has 1 aromatic carbocycles. The van der Waals surface area contributed by atoms with E-state index in [1.807, 2.05) is 22.6 Å². The standard InChI is InChI=1S/C11H9IN2O5/c12-8-4-7(14(18)19)1-2-9(8)13-5-6(11(16)17)3-10(13)15/h1-2,4,6H,3,5H2,(H,16,17). The van der Waals surface area contributed by atoms with Crippen LogP contribution in [0.5, 0.6) is 0 Å². The highest BCUT2D eigenvalue weighted by Crippen LogP contribution is 2.31. The third-order valence-corrected chi connectivity index (χ3v) is 3.77. The number of benzene rings is 1. The van der Waals surface area contributed by atoms with Gasteiger partial charge < -0.3 is 10.0 Å². The lowest BCUT2D eigenvalue weighted by molar-refractivity contribution is -0.384. The minimum atomic E-state index is -1.01. The van der Waals surface area contributed by atoms with Crippen LogP contribution in [-0.2, 0) is 9.59 Å². The molecular weight excluding hydrogens is 367 g/mol. The maximum Gasteiger partial charge on any atom is 0.308 e. The Morgan fingerprint density at radius 3 is 2.68 bits per heavy atom. The second-order valence-electron chi connectivity index (χ2n) is 4.14. The normalized spacial score (nSPS) is 18.7. The van der Waals surface area contributed by atoms with Crippen molar-refractivity contribution in [1.29, 1.82) is 0 Å². The van der Waals surface area contributed by atoms with Crippen LogP contribution < -0.4 is 4.90 Å². The molecule has 1 aliphatic rings. The van der Waals surface area contributed by atoms with E-state index >= 15 is 0 Å². The number of hydrogen-bond donors (Lipinski definition) is 1. The first-order chi connectivity index (χ1) is 8.90. The molecule has 1 saturated heterocycles. The molecule has 0 radical (unpaired) electrons. The Kier molecular flexibility index (Phi) is 3.69. The van der Waals surface area contributed by atoms with Crippen molar-refractivity contribution in [2.75, 3.05) is 11.4 Å². The number of nitro benzene ring substituents is 1. The molecule has 2 rings (SSSR count). The zero-order valence-electron chi connectivity index (χ0n) is 9.58. The van der Waals surface area contributed by atoms with E-state index in [1.165, 1.54) is 23.1 Å². The number of carboxylic acid groups (broad SMARTS) is 1. The molecule has 0 bridgehead atoms. The van der Waals surface area contributed by atoms with E-state index in [0.717, 1.165) is 0 Å². The summed E-state index contributed by atoms with van der Waals surface area (Å²) in [5.41, 5.74) is 0.453. The molecule has 1 fully saturated rings. The molecule has 0 aromatic heterocycles. The highest BCUT2D eigenvalue weighted by Gasteiger charge is 2.35. The Labute approximate surface area is 121 Å². The van der Waals surface area contributed by atoms with E-state index in [0.29, 0.717) is 9.26 Å². The number of carboxylic acids is 1. The number of carbonyl (C=O) groups is 2. The van der Waals surface area contributed by atoms with Gasteiger partial charge in [-0.15, -0.1) is 0 Å². The number of nitro groups is 1. The van der Waals surface area contributed by atoms with Gasteiger partial charge in [0.1, 0.15) is 0 Å². The first-order valence-corrected chi connectivity index (χ1v) is 6.45. The summed E-state index contributed by atoms with van der Waals surface area (Å²) >= 11 is 1.90. The topological polar surface area (TPSA) is 101 Å². The smallest absolute Gasteiger partial charge is 0.308 e. The molecule has 100 valence electrons. The van der Waals surface area contributed by atoms with Gasteiger partial charge in [0.15, 0.2) is 0 Å². The second-order valence-corrected chi connectivity index (χ2v) is 5.30. The number of amides is 1. The van der Waals surface area contributed by atoms with Crippen molar-refractivity contribution in [2.24, 2.45) is 5.92 Å². The zero-order valence-corrected chi connectivity index (χ0v) is 11.7. The van der Waals surface area contributed by atoms with Gasteiger partial charge in [0.2, 0.25) is 5.91 Å². The van der Waals surface area contributed by atoms with E-state index in [4.69, 9.17) is 5.11 Å². The molecule has 1 aromatic rings. The molecule has 1 atom stereocenters. The number of rotatable bonds is 3. The summed E-state index contributed by atoms with van der Waals surface area (Å²) in [6, 6.07) is 4.14. The summed E-state index contributed by atoms with van der Waals surface area (Å²) in [5.74, 6) is -2.01. The van der Waals surface area contributed by atoms with Crippen LogP contribution in [-0.4, -0.2) is 28.5 Å². The average molecular weight is 376 g/mol. The lowest BCUT2D eigenvalue weighted by atomic mass is 10.1. The maximum absolute atomic E-state index is 11.8. The lowest BCUT2D eigenvalue weighted by Crippen LogP contribution is -2.26. The summed E-state index contributed by atoms with van der Waals surface area (Å²) in [4.78, 5) is 34.2. The number of non-ortho nitro benzene ring substituents is 1. The predicted molar refractivity (Wildman–Crippen MR) is 73.9 cm³/mol. The van der Waals surface area contributed by atoms with E-state index in [2.05, 4.69) is 0 Å². The van der Waals surface area contributed by atoms with Gasteiger partial charge in [-0.25, -0.2) is 0 Å². The number of nitrogens with zero attached hydrogens (tertiary/aromatic N) is 2. The molecule has 0 saturated carbocycles. The molecule has 1 aliphatic heterocycles. The quantitative estimate of drug-likeness (QED) is 0.491. The third-order valence-electron chi connectivity index (χ3n) is 2.91. The van der Waals surface area contributed by atoms with Gasteiger partial charge >= 0.3 is 5.97 Å². The summed E-state index contributed by atoms with van der Waals surface area (Å²) in [7, 11) is 0. The van der Waals surface area contributed by atoms with Crippen LogP contribution in [0.25, 0.3) is 0 Å². The Morgan fingerprint density at radius 2 is 2.21 bits per heavy atom.